The molecule has 7 nitrogen and oxygen atoms in total. The van der Waals surface area contributed by atoms with E-state index in [0.717, 1.165) is 16.1 Å². The lowest BCUT2D eigenvalue weighted by molar-refractivity contribution is -0.147. The summed E-state index contributed by atoms with van der Waals surface area (Å²) >= 11 is 1.31. The molecule has 150 valence electrons. The van der Waals surface area contributed by atoms with Crippen molar-refractivity contribution in [3.05, 3.63) is 35.2 Å². The number of aryl methyl sites for hydroxylation is 1. The maximum absolute atomic E-state index is 12.7. The summed E-state index contributed by atoms with van der Waals surface area (Å²) in [7, 11) is 0. The van der Waals surface area contributed by atoms with Crippen molar-refractivity contribution in [3.8, 4) is 11.3 Å². The average molecular weight is 404 g/mol. The van der Waals surface area contributed by atoms with E-state index in [-0.39, 0.29) is 13.0 Å². The second-order valence-electron chi connectivity index (χ2n) is 7.26. The van der Waals surface area contributed by atoms with E-state index in [1.165, 1.54) is 11.3 Å². The number of aliphatic hydroxyl groups excluding tert-OH is 1. The van der Waals surface area contributed by atoms with Gasteiger partial charge in [0.25, 0.3) is 0 Å². The molecule has 0 spiro atoms. The topological polar surface area (TPSA) is 112 Å². The molecule has 1 amide bonds. The first-order chi connectivity index (χ1) is 13.1. The molecule has 0 fully saturated rings. The van der Waals surface area contributed by atoms with Gasteiger partial charge in [-0.25, -0.2) is 9.78 Å². The number of nitrogens with zero attached hydrogens (tertiary/aromatic N) is 1. The van der Waals surface area contributed by atoms with Gasteiger partial charge in [-0.15, -0.1) is 11.3 Å². The van der Waals surface area contributed by atoms with Gasteiger partial charge in [0.1, 0.15) is 11.3 Å². The highest BCUT2D eigenvalue weighted by atomic mass is 32.1. The Balaban J connectivity index is 2.16. The molecule has 8 heteroatoms. The maximum atomic E-state index is 12.7. The van der Waals surface area contributed by atoms with Crippen LogP contribution >= 0.6 is 11.3 Å². The predicted octanol–water partition coefficient (Wildman–Crippen LogP) is 3.42. The first-order valence-corrected chi connectivity index (χ1v) is 9.70. The first kappa shape index (κ1) is 21.7. The predicted molar refractivity (Wildman–Crippen MR) is 110 cm³/mol. The zero-order chi connectivity index (χ0) is 20.9. The van der Waals surface area contributed by atoms with E-state index < -0.39 is 29.1 Å². The molecule has 1 heterocycles. The highest BCUT2D eigenvalue weighted by Crippen LogP contribution is 2.30. The van der Waals surface area contributed by atoms with E-state index in [0.29, 0.717) is 5.13 Å². The number of thiazole rings is 1. The highest BCUT2D eigenvalue weighted by molar-refractivity contribution is 7.16. The van der Waals surface area contributed by atoms with E-state index >= 15 is 0 Å². The summed E-state index contributed by atoms with van der Waals surface area (Å²) in [5.41, 5.74) is 0.436. The second kappa shape index (κ2) is 9.07. The minimum absolute atomic E-state index is 0.0557. The molecule has 3 N–H and O–H groups in total. The van der Waals surface area contributed by atoms with Crippen LogP contribution in [0.15, 0.2) is 30.3 Å². The molecular weight excluding hydrogens is 378 g/mol. The van der Waals surface area contributed by atoms with Crippen molar-refractivity contribution in [2.24, 2.45) is 5.92 Å². The quantitative estimate of drug-likeness (QED) is 0.484. The molecule has 2 aromatic rings. The smallest absolute Gasteiger partial charge is 0.353 e. The zero-order valence-electron chi connectivity index (χ0n) is 16.4. The molecule has 0 aliphatic heterocycles. The Morgan fingerprint density at radius 2 is 1.93 bits per heavy atom. The van der Waals surface area contributed by atoms with Gasteiger partial charge >= 0.3 is 5.97 Å². The van der Waals surface area contributed by atoms with E-state index in [4.69, 9.17) is 10.1 Å². The molecule has 0 saturated heterocycles. The van der Waals surface area contributed by atoms with Crippen molar-refractivity contribution in [1.82, 2.24) is 4.98 Å². The molecule has 0 aliphatic carbocycles. The number of esters is 1. The van der Waals surface area contributed by atoms with Crippen LogP contribution < -0.4 is 5.32 Å². The number of aromatic nitrogens is 1. The Morgan fingerprint density at radius 1 is 1.29 bits per heavy atom. The van der Waals surface area contributed by atoms with Crippen LogP contribution in [0, 0.1) is 18.3 Å². The zero-order valence-corrected chi connectivity index (χ0v) is 17.2. The van der Waals surface area contributed by atoms with Gasteiger partial charge in [0.05, 0.1) is 11.6 Å². The van der Waals surface area contributed by atoms with Gasteiger partial charge in [0.2, 0.25) is 5.91 Å². The van der Waals surface area contributed by atoms with Gasteiger partial charge in [0, 0.05) is 17.0 Å². The maximum Gasteiger partial charge on any atom is 0.353 e. The first-order valence-electron chi connectivity index (χ1n) is 8.88. The molecule has 1 atom stereocenters. The fourth-order valence-corrected chi connectivity index (χ4v) is 3.36. The summed E-state index contributed by atoms with van der Waals surface area (Å²) in [5.74, 6) is -2.57. The van der Waals surface area contributed by atoms with Crippen molar-refractivity contribution in [1.29, 1.82) is 5.41 Å². The number of amides is 1. The summed E-state index contributed by atoms with van der Waals surface area (Å²) in [6.45, 7) is 6.62. The Hall–Kier alpha value is -2.58. The van der Waals surface area contributed by atoms with Crippen molar-refractivity contribution in [2.75, 3.05) is 11.9 Å². The van der Waals surface area contributed by atoms with E-state index in [9.17, 15) is 14.7 Å². The molecule has 0 radical (unpaired) electrons. The molecule has 0 saturated carbocycles. The Bertz CT molecular complexity index is 856. The number of hydrogen-bond acceptors (Lipinski definition) is 7. The monoisotopic (exact) mass is 403 g/mol. The van der Waals surface area contributed by atoms with Gasteiger partial charge in [-0.05, 0) is 34.1 Å². The number of rotatable bonds is 7. The number of aliphatic hydroxyl groups is 1. The Kier molecular flexibility index (Phi) is 7.04. The number of hydrogen-bond donors (Lipinski definition) is 3. The van der Waals surface area contributed by atoms with Crippen LogP contribution in [0.3, 0.4) is 0 Å². The Labute approximate surface area is 168 Å². The van der Waals surface area contributed by atoms with Gasteiger partial charge in [-0.2, -0.15) is 0 Å². The molecule has 1 aromatic heterocycles. The summed E-state index contributed by atoms with van der Waals surface area (Å²) in [6.07, 6.45) is -0.0557. The number of carbonyl (C=O) groups excluding carboxylic acids is 2. The van der Waals surface area contributed by atoms with E-state index in [1.807, 2.05) is 37.3 Å². The van der Waals surface area contributed by atoms with Gasteiger partial charge in [-0.1, -0.05) is 30.3 Å². The molecule has 1 unspecified atom stereocenters. The van der Waals surface area contributed by atoms with Crippen LogP contribution in [0.5, 0.6) is 0 Å². The molecular formula is C20H25N3O4S. The summed E-state index contributed by atoms with van der Waals surface area (Å²) < 4.78 is 5.17. The molecule has 2 rings (SSSR count). The molecule has 0 bridgehead atoms. The lowest BCUT2D eigenvalue weighted by Gasteiger charge is -2.22. The lowest BCUT2D eigenvalue weighted by atomic mass is 9.98. The standard InChI is InChI=1S/C20H25N3O4S/c1-12-16(13-8-6-5-7-9-13)22-19(28-12)23-17(25)14(10-11-24)15(21)18(26)27-20(2,3)4/h5-9,14,21,24H,10-11H2,1-4H3,(H,22,23,25). The Morgan fingerprint density at radius 3 is 2.50 bits per heavy atom. The lowest BCUT2D eigenvalue weighted by Crippen LogP contribution is -2.38. The number of ether oxygens (including phenoxy) is 1. The van der Waals surface area contributed by atoms with Crippen molar-refractivity contribution >= 4 is 34.1 Å². The van der Waals surface area contributed by atoms with Crippen LogP contribution in [0.4, 0.5) is 5.13 Å². The number of carbonyl (C=O) groups is 2. The fourth-order valence-electron chi connectivity index (χ4n) is 2.52. The third kappa shape index (κ3) is 5.71. The van der Waals surface area contributed by atoms with Gasteiger partial charge in [-0.3, -0.25) is 10.2 Å². The molecule has 0 aliphatic rings. The minimum Gasteiger partial charge on any atom is -0.455 e. The van der Waals surface area contributed by atoms with E-state index in [2.05, 4.69) is 10.3 Å². The molecule has 1 aromatic carbocycles. The third-order valence-corrected chi connectivity index (χ3v) is 4.66. The van der Waals surface area contributed by atoms with Crippen LogP contribution in [0.2, 0.25) is 0 Å². The number of benzene rings is 1. The van der Waals surface area contributed by atoms with Crippen molar-refractivity contribution in [2.45, 2.75) is 39.7 Å². The SMILES string of the molecule is Cc1sc(NC(=O)C(CCO)C(=N)C(=O)OC(C)(C)C)nc1-c1ccccc1. The minimum atomic E-state index is -1.12. The van der Waals surface area contributed by atoms with Gasteiger partial charge < -0.3 is 15.2 Å². The number of nitrogens with one attached hydrogen (secondary N) is 2. The average Bonchev–Trinajstić information content (AvgIpc) is 2.98. The van der Waals surface area contributed by atoms with Crippen LogP contribution in [0.25, 0.3) is 11.3 Å². The highest BCUT2D eigenvalue weighted by Gasteiger charge is 2.31. The largest absolute Gasteiger partial charge is 0.455 e. The van der Waals surface area contributed by atoms with Crippen molar-refractivity contribution in [3.63, 3.8) is 0 Å². The van der Waals surface area contributed by atoms with Crippen molar-refractivity contribution < 1.29 is 19.4 Å². The fraction of sp³-hybridized carbons (Fsp3) is 0.400. The summed E-state index contributed by atoms with van der Waals surface area (Å²) in [5, 5.41) is 20.4. The normalized spacial score (nSPS) is 12.3. The third-order valence-electron chi connectivity index (χ3n) is 3.78. The second-order valence-corrected chi connectivity index (χ2v) is 8.46. The van der Waals surface area contributed by atoms with Crippen LogP contribution in [0.1, 0.15) is 32.1 Å². The van der Waals surface area contributed by atoms with Crippen LogP contribution in [-0.4, -0.2) is 39.9 Å². The van der Waals surface area contributed by atoms with Crippen LogP contribution in [-0.2, 0) is 14.3 Å². The van der Waals surface area contributed by atoms with Gasteiger partial charge in [0.15, 0.2) is 5.13 Å². The number of anilines is 1. The summed E-state index contributed by atoms with van der Waals surface area (Å²) in [4.78, 5) is 30.2. The van der Waals surface area contributed by atoms with E-state index in [1.54, 1.807) is 20.8 Å². The molecule has 28 heavy (non-hydrogen) atoms. The summed E-state index contributed by atoms with van der Waals surface area (Å²) in [6, 6.07) is 9.59.